The third-order valence-corrected chi connectivity index (χ3v) is 5.05. The third-order valence-electron chi connectivity index (χ3n) is 5.05. The molecular weight excluding hydrogens is 354 g/mol. The van der Waals surface area contributed by atoms with E-state index in [2.05, 4.69) is 29.2 Å². The Labute approximate surface area is 165 Å². The van der Waals surface area contributed by atoms with E-state index >= 15 is 0 Å². The molecule has 1 saturated heterocycles. The fraction of sp³-hybridized carbons (Fsp3) is 0.318. The Morgan fingerprint density at radius 2 is 1.68 bits per heavy atom. The lowest BCUT2D eigenvalue weighted by Crippen LogP contribution is -2.48. The number of rotatable bonds is 5. The number of nitro groups is 1. The maximum Gasteiger partial charge on any atom is 0.275 e. The van der Waals surface area contributed by atoms with Crippen LogP contribution in [0.2, 0.25) is 0 Å². The molecule has 0 atom stereocenters. The fourth-order valence-corrected chi connectivity index (χ4v) is 3.59. The van der Waals surface area contributed by atoms with Crippen LogP contribution in [0.3, 0.4) is 0 Å². The van der Waals surface area contributed by atoms with Crippen molar-refractivity contribution in [1.82, 2.24) is 9.80 Å². The molecule has 0 radical (unpaired) electrons. The summed E-state index contributed by atoms with van der Waals surface area (Å²) in [5.41, 5.74) is 2.85. The molecule has 2 aromatic carbocycles. The quantitative estimate of drug-likeness (QED) is 0.587. The van der Waals surface area contributed by atoms with Crippen molar-refractivity contribution in [3.8, 4) is 0 Å². The van der Waals surface area contributed by atoms with E-state index in [1.165, 1.54) is 5.56 Å². The predicted octanol–water partition coefficient (Wildman–Crippen LogP) is 3.68. The van der Waals surface area contributed by atoms with Gasteiger partial charge in [-0.1, -0.05) is 42.5 Å². The number of piperazine rings is 1. The van der Waals surface area contributed by atoms with Crippen LogP contribution in [0.15, 0.2) is 48.5 Å². The van der Waals surface area contributed by atoms with E-state index in [0.29, 0.717) is 29.8 Å². The summed E-state index contributed by atoms with van der Waals surface area (Å²) in [5, 5.41) is 11.1. The van der Waals surface area contributed by atoms with E-state index < -0.39 is 0 Å². The van der Waals surface area contributed by atoms with E-state index in [9.17, 15) is 14.9 Å². The summed E-state index contributed by atoms with van der Waals surface area (Å²) in [4.78, 5) is 27.7. The van der Waals surface area contributed by atoms with Gasteiger partial charge in [-0.3, -0.25) is 19.8 Å². The van der Waals surface area contributed by atoms with Crippen LogP contribution in [0, 0.1) is 24.0 Å². The van der Waals surface area contributed by atoms with Crippen molar-refractivity contribution in [1.29, 1.82) is 0 Å². The van der Waals surface area contributed by atoms with E-state index in [1.54, 1.807) is 26.0 Å². The van der Waals surface area contributed by atoms with E-state index in [-0.39, 0.29) is 16.5 Å². The van der Waals surface area contributed by atoms with Crippen LogP contribution in [0.25, 0.3) is 6.08 Å². The molecule has 6 nitrogen and oxygen atoms in total. The molecule has 28 heavy (non-hydrogen) atoms. The van der Waals surface area contributed by atoms with Gasteiger partial charge in [-0.25, -0.2) is 0 Å². The molecule has 2 aromatic rings. The van der Waals surface area contributed by atoms with Gasteiger partial charge in [-0.2, -0.15) is 0 Å². The zero-order chi connectivity index (χ0) is 20.1. The Hall–Kier alpha value is -2.99. The van der Waals surface area contributed by atoms with Gasteiger partial charge in [-0.15, -0.1) is 0 Å². The molecule has 0 aliphatic carbocycles. The zero-order valence-electron chi connectivity index (χ0n) is 16.3. The Bertz CT molecular complexity index is 862. The first kappa shape index (κ1) is 19.8. The highest BCUT2D eigenvalue weighted by Crippen LogP contribution is 2.25. The molecule has 0 N–H and O–H groups in total. The number of carbonyl (C=O) groups excluding carboxylic acids is 1. The SMILES string of the molecule is Cc1cc(C(=O)N2CCN(C/C=C/c3ccccc3)CC2)cc(C)c1[N+](=O)[O-]. The minimum absolute atomic E-state index is 0.0550. The van der Waals surface area contributed by atoms with E-state index in [4.69, 9.17) is 0 Å². The van der Waals surface area contributed by atoms with Gasteiger partial charge in [0.25, 0.3) is 11.6 Å². The van der Waals surface area contributed by atoms with Crippen molar-refractivity contribution in [3.05, 3.63) is 80.9 Å². The van der Waals surface area contributed by atoms with Crippen molar-refractivity contribution < 1.29 is 9.72 Å². The van der Waals surface area contributed by atoms with Crippen LogP contribution in [0.5, 0.6) is 0 Å². The molecule has 1 aliphatic heterocycles. The van der Waals surface area contributed by atoms with Gasteiger partial charge >= 0.3 is 0 Å². The fourth-order valence-electron chi connectivity index (χ4n) is 3.59. The van der Waals surface area contributed by atoms with Crippen LogP contribution in [-0.4, -0.2) is 53.4 Å². The summed E-state index contributed by atoms with van der Waals surface area (Å²) < 4.78 is 0. The van der Waals surface area contributed by atoms with Crippen LogP contribution in [0.4, 0.5) is 5.69 Å². The van der Waals surface area contributed by atoms with Gasteiger partial charge in [0.05, 0.1) is 4.92 Å². The lowest BCUT2D eigenvalue weighted by atomic mass is 10.0. The normalized spacial score (nSPS) is 15.1. The summed E-state index contributed by atoms with van der Waals surface area (Å²) in [6, 6.07) is 13.4. The predicted molar refractivity (Wildman–Crippen MR) is 110 cm³/mol. The number of hydrogen-bond acceptors (Lipinski definition) is 4. The highest BCUT2D eigenvalue weighted by atomic mass is 16.6. The number of nitrogens with zero attached hydrogens (tertiary/aromatic N) is 3. The van der Waals surface area contributed by atoms with Gasteiger partial charge in [0.2, 0.25) is 0 Å². The highest BCUT2D eigenvalue weighted by Gasteiger charge is 2.24. The second kappa shape index (κ2) is 8.80. The van der Waals surface area contributed by atoms with Crippen molar-refractivity contribution in [2.24, 2.45) is 0 Å². The average molecular weight is 379 g/mol. The lowest BCUT2D eigenvalue weighted by molar-refractivity contribution is -0.386. The molecule has 1 heterocycles. The molecule has 1 aliphatic rings. The first-order valence-electron chi connectivity index (χ1n) is 9.44. The maximum absolute atomic E-state index is 12.8. The number of amides is 1. The van der Waals surface area contributed by atoms with Gasteiger partial charge < -0.3 is 4.90 Å². The van der Waals surface area contributed by atoms with Crippen LogP contribution >= 0.6 is 0 Å². The highest BCUT2D eigenvalue weighted by molar-refractivity contribution is 5.95. The molecule has 0 aromatic heterocycles. The van der Waals surface area contributed by atoms with Gasteiger partial charge in [0, 0.05) is 49.4 Å². The Balaban J connectivity index is 1.57. The number of nitro benzene ring substituents is 1. The summed E-state index contributed by atoms with van der Waals surface area (Å²) in [6.07, 6.45) is 4.26. The zero-order valence-corrected chi connectivity index (χ0v) is 16.3. The molecule has 0 saturated carbocycles. The van der Waals surface area contributed by atoms with Crippen LogP contribution in [0.1, 0.15) is 27.0 Å². The summed E-state index contributed by atoms with van der Waals surface area (Å²) in [6.45, 7) is 7.16. The van der Waals surface area contributed by atoms with Crippen molar-refractivity contribution in [2.75, 3.05) is 32.7 Å². The molecule has 146 valence electrons. The third kappa shape index (κ3) is 4.64. The number of hydrogen-bond donors (Lipinski definition) is 0. The molecule has 0 spiro atoms. The first-order chi connectivity index (χ1) is 13.5. The Kier molecular flexibility index (Phi) is 6.21. The van der Waals surface area contributed by atoms with Gasteiger partial charge in [0.15, 0.2) is 0 Å². The first-order valence-corrected chi connectivity index (χ1v) is 9.44. The Morgan fingerprint density at radius 3 is 2.25 bits per heavy atom. The molecule has 6 heteroatoms. The van der Waals surface area contributed by atoms with Crippen LogP contribution in [-0.2, 0) is 0 Å². The molecule has 0 unspecified atom stereocenters. The monoisotopic (exact) mass is 379 g/mol. The molecule has 3 rings (SSSR count). The van der Waals surface area contributed by atoms with Crippen molar-refractivity contribution in [3.63, 3.8) is 0 Å². The second-order valence-electron chi connectivity index (χ2n) is 7.12. The smallest absolute Gasteiger partial charge is 0.275 e. The van der Waals surface area contributed by atoms with E-state index in [1.807, 2.05) is 23.1 Å². The number of carbonyl (C=O) groups is 1. The number of aryl methyl sites for hydroxylation is 2. The topological polar surface area (TPSA) is 66.7 Å². The standard InChI is InChI=1S/C22H25N3O3/c1-17-15-20(16-18(2)21(17)25(27)28)22(26)24-13-11-23(12-14-24)10-6-9-19-7-4-3-5-8-19/h3-9,15-16H,10-14H2,1-2H3/b9-6+. The van der Waals surface area contributed by atoms with Gasteiger partial charge in [-0.05, 0) is 31.5 Å². The molecular formula is C22H25N3O3. The second-order valence-corrected chi connectivity index (χ2v) is 7.12. The van der Waals surface area contributed by atoms with Gasteiger partial charge in [0.1, 0.15) is 0 Å². The minimum atomic E-state index is -0.388. The van der Waals surface area contributed by atoms with Crippen molar-refractivity contribution >= 4 is 17.7 Å². The summed E-state index contributed by atoms with van der Waals surface area (Å²) >= 11 is 0. The average Bonchev–Trinajstić information content (AvgIpc) is 2.68. The summed E-state index contributed by atoms with van der Waals surface area (Å²) in [7, 11) is 0. The molecule has 1 amide bonds. The molecule has 1 fully saturated rings. The maximum atomic E-state index is 12.8. The number of benzene rings is 2. The Morgan fingerprint density at radius 1 is 1.07 bits per heavy atom. The van der Waals surface area contributed by atoms with Crippen LogP contribution < -0.4 is 0 Å². The largest absolute Gasteiger partial charge is 0.336 e. The minimum Gasteiger partial charge on any atom is -0.336 e. The molecule has 0 bridgehead atoms. The van der Waals surface area contributed by atoms with E-state index in [0.717, 1.165) is 19.6 Å². The van der Waals surface area contributed by atoms with Crippen molar-refractivity contribution in [2.45, 2.75) is 13.8 Å². The summed E-state index contributed by atoms with van der Waals surface area (Å²) in [5.74, 6) is -0.0550. The lowest BCUT2D eigenvalue weighted by Gasteiger charge is -2.34.